The molecular weight excluding hydrogens is 418 g/mol. The number of hydrogen-bond acceptors (Lipinski definition) is 2. The molecule has 0 saturated heterocycles. The first-order valence-electron chi connectivity index (χ1n) is 11.7. The van der Waals surface area contributed by atoms with E-state index in [1.165, 1.54) is 11.1 Å². The standard InChI is InChI=1S/C30H29N3O/c1-30(2,3)24-16-14-22(15-17-24)19-26-29(34)33-20-27(23-12-8-5-9-13-23)31-25(28(33)32-26)18-21-10-6-4-7-11-21/h4-17,20,31H,18-19H2,1-3H3. The van der Waals surface area contributed by atoms with Gasteiger partial charge in [0.05, 0.1) is 11.4 Å². The molecule has 3 aromatic rings. The van der Waals surface area contributed by atoms with Crippen LogP contribution in [0.25, 0.3) is 17.1 Å². The molecule has 0 spiro atoms. The molecule has 0 unspecified atom stereocenters. The first kappa shape index (κ1) is 21.9. The third-order valence-corrected chi connectivity index (χ3v) is 6.25. The van der Waals surface area contributed by atoms with E-state index in [1.54, 1.807) is 4.57 Å². The van der Waals surface area contributed by atoms with Gasteiger partial charge >= 0.3 is 0 Å². The lowest BCUT2D eigenvalue weighted by Gasteiger charge is -2.19. The Balaban J connectivity index is 1.58. The average Bonchev–Trinajstić information content (AvgIpc) is 3.15. The zero-order valence-corrected chi connectivity index (χ0v) is 19.9. The molecule has 4 heteroatoms. The summed E-state index contributed by atoms with van der Waals surface area (Å²) in [6.07, 6.45) is 3.05. The number of imidazole rings is 1. The number of fused-ring (bicyclic) bond motifs is 1. The lowest BCUT2D eigenvalue weighted by atomic mass is 9.86. The van der Waals surface area contributed by atoms with Crippen LogP contribution in [0.5, 0.6) is 0 Å². The van der Waals surface area contributed by atoms with E-state index in [1.807, 2.05) is 54.7 Å². The van der Waals surface area contributed by atoms with Gasteiger partial charge in [0.1, 0.15) is 5.69 Å². The highest BCUT2D eigenvalue weighted by Gasteiger charge is 2.21. The quantitative estimate of drug-likeness (QED) is 0.352. The maximum atomic E-state index is 13.4. The van der Waals surface area contributed by atoms with E-state index in [9.17, 15) is 4.79 Å². The van der Waals surface area contributed by atoms with E-state index in [-0.39, 0.29) is 11.0 Å². The third kappa shape index (κ3) is 4.44. The molecule has 0 fully saturated rings. The lowest BCUT2D eigenvalue weighted by molar-refractivity contribution is 0.590. The normalized spacial score (nSPS) is 11.7. The van der Waals surface area contributed by atoms with Crippen molar-refractivity contribution in [1.82, 2.24) is 14.5 Å². The molecule has 0 bridgehead atoms. The Hall–Kier alpha value is -3.92. The number of benzene rings is 3. The van der Waals surface area contributed by atoms with Crippen LogP contribution in [0.4, 0.5) is 0 Å². The van der Waals surface area contributed by atoms with Crippen molar-refractivity contribution in [3.05, 3.63) is 130 Å². The number of H-pyrrole nitrogens is 1. The third-order valence-electron chi connectivity index (χ3n) is 6.25. The van der Waals surface area contributed by atoms with Crippen molar-refractivity contribution < 1.29 is 0 Å². The van der Waals surface area contributed by atoms with Crippen molar-refractivity contribution >= 4 is 0 Å². The number of aromatic nitrogens is 3. The van der Waals surface area contributed by atoms with Crippen LogP contribution in [-0.4, -0.2) is 14.5 Å². The van der Waals surface area contributed by atoms with Gasteiger partial charge in [-0.15, -0.1) is 0 Å². The predicted octanol–water partition coefficient (Wildman–Crippen LogP) is 6.14. The number of rotatable bonds is 5. The first-order chi connectivity index (χ1) is 16.4. The average molecular weight is 448 g/mol. The van der Waals surface area contributed by atoms with Crippen molar-refractivity contribution in [3.8, 4) is 17.1 Å². The van der Waals surface area contributed by atoms with Gasteiger partial charge in [-0.25, -0.2) is 4.98 Å². The molecule has 2 heterocycles. The van der Waals surface area contributed by atoms with Gasteiger partial charge in [-0.2, -0.15) is 0 Å². The van der Waals surface area contributed by atoms with E-state index in [0.29, 0.717) is 24.4 Å². The van der Waals surface area contributed by atoms with E-state index in [4.69, 9.17) is 4.98 Å². The van der Waals surface area contributed by atoms with Gasteiger partial charge in [0.15, 0.2) is 5.82 Å². The Morgan fingerprint density at radius 2 is 1.41 bits per heavy atom. The number of nitrogens with one attached hydrogen (secondary N) is 1. The Kier molecular flexibility index (Phi) is 5.66. The molecule has 2 aliphatic heterocycles. The van der Waals surface area contributed by atoms with Gasteiger partial charge in [-0.3, -0.25) is 9.36 Å². The van der Waals surface area contributed by atoms with Gasteiger partial charge in [0.25, 0.3) is 5.56 Å². The van der Waals surface area contributed by atoms with Crippen molar-refractivity contribution in [2.75, 3.05) is 0 Å². The summed E-state index contributed by atoms with van der Waals surface area (Å²) in [6.45, 7) is 6.61. The molecule has 34 heavy (non-hydrogen) atoms. The lowest BCUT2D eigenvalue weighted by Crippen LogP contribution is -2.18. The molecule has 0 amide bonds. The molecule has 5 rings (SSSR count). The summed E-state index contributed by atoms with van der Waals surface area (Å²) in [7, 11) is 0. The minimum Gasteiger partial charge on any atom is -0.354 e. The van der Waals surface area contributed by atoms with E-state index in [0.717, 1.165) is 22.5 Å². The van der Waals surface area contributed by atoms with Crippen LogP contribution in [0.1, 0.15) is 48.8 Å². The highest BCUT2D eigenvalue weighted by atomic mass is 16.1. The Morgan fingerprint density at radius 3 is 2.06 bits per heavy atom. The SMILES string of the molecule is CC(C)(C)c1ccc(Cc2nc3c(Cc4ccccc4)[nH]c(-c4ccccc4)cn-3c2=O)cc1. The summed E-state index contributed by atoms with van der Waals surface area (Å²) >= 11 is 0. The Bertz CT molecular complexity index is 1420. The summed E-state index contributed by atoms with van der Waals surface area (Å²) < 4.78 is 1.70. The number of hydrogen-bond donors (Lipinski definition) is 1. The molecule has 1 N–H and O–H groups in total. The monoisotopic (exact) mass is 447 g/mol. The van der Waals surface area contributed by atoms with Crippen molar-refractivity contribution in [3.63, 3.8) is 0 Å². The summed E-state index contributed by atoms with van der Waals surface area (Å²) in [5.74, 6) is 0.690. The molecule has 0 aromatic heterocycles. The van der Waals surface area contributed by atoms with E-state index < -0.39 is 0 Å². The molecule has 0 saturated carbocycles. The fourth-order valence-corrected chi connectivity index (χ4v) is 4.30. The summed E-state index contributed by atoms with van der Waals surface area (Å²) in [4.78, 5) is 21.8. The maximum absolute atomic E-state index is 13.4. The summed E-state index contributed by atoms with van der Waals surface area (Å²) in [5.41, 5.74) is 7.00. The van der Waals surface area contributed by atoms with Crippen LogP contribution in [0.3, 0.4) is 0 Å². The minimum atomic E-state index is -0.0598. The number of aromatic amines is 1. The largest absolute Gasteiger partial charge is 0.354 e. The van der Waals surface area contributed by atoms with Gasteiger partial charge in [-0.05, 0) is 27.7 Å². The van der Waals surface area contributed by atoms with Crippen LogP contribution in [0, 0.1) is 0 Å². The second kappa shape index (κ2) is 8.79. The molecule has 3 aromatic carbocycles. The minimum absolute atomic E-state index is 0.0598. The van der Waals surface area contributed by atoms with Crippen LogP contribution in [0.2, 0.25) is 0 Å². The van der Waals surface area contributed by atoms with E-state index >= 15 is 0 Å². The van der Waals surface area contributed by atoms with Gasteiger partial charge in [0, 0.05) is 19.0 Å². The Morgan fingerprint density at radius 1 is 0.794 bits per heavy atom. The number of nitrogens with zero attached hydrogens (tertiary/aromatic N) is 2. The topological polar surface area (TPSA) is 50.7 Å². The molecule has 0 aliphatic carbocycles. The van der Waals surface area contributed by atoms with Crippen molar-refractivity contribution in [2.24, 2.45) is 0 Å². The van der Waals surface area contributed by atoms with Gasteiger partial charge in [0.2, 0.25) is 0 Å². The van der Waals surface area contributed by atoms with Crippen molar-refractivity contribution in [2.45, 2.75) is 39.0 Å². The van der Waals surface area contributed by atoms with Crippen LogP contribution in [-0.2, 0) is 18.3 Å². The zero-order chi connectivity index (χ0) is 23.7. The molecular formula is C30H29N3O. The fourth-order valence-electron chi connectivity index (χ4n) is 4.30. The summed E-state index contributed by atoms with van der Waals surface area (Å²) in [5, 5.41) is 0. The Labute approximate surface area is 200 Å². The zero-order valence-electron chi connectivity index (χ0n) is 19.9. The smallest absolute Gasteiger partial charge is 0.278 e. The predicted molar refractivity (Wildman–Crippen MR) is 138 cm³/mol. The first-order valence-corrected chi connectivity index (χ1v) is 11.7. The fraction of sp³-hybridized carbons (Fsp3) is 0.200. The van der Waals surface area contributed by atoms with Crippen LogP contribution < -0.4 is 5.56 Å². The molecule has 170 valence electrons. The highest BCUT2D eigenvalue weighted by molar-refractivity contribution is 5.60. The molecule has 0 radical (unpaired) electrons. The van der Waals surface area contributed by atoms with Gasteiger partial charge < -0.3 is 4.98 Å². The molecule has 0 atom stereocenters. The second-order valence-electron chi connectivity index (χ2n) is 9.86. The second-order valence-corrected chi connectivity index (χ2v) is 9.86. The van der Waals surface area contributed by atoms with Crippen molar-refractivity contribution in [1.29, 1.82) is 0 Å². The molecule has 4 nitrogen and oxygen atoms in total. The van der Waals surface area contributed by atoms with E-state index in [2.05, 4.69) is 62.2 Å². The van der Waals surface area contributed by atoms with Crippen LogP contribution >= 0.6 is 0 Å². The van der Waals surface area contributed by atoms with Gasteiger partial charge in [-0.1, -0.05) is 106 Å². The molecule has 2 aliphatic rings. The summed E-state index contributed by atoms with van der Waals surface area (Å²) in [6, 6.07) is 28.9. The van der Waals surface area contributed by atoms with Crippen LogP contribution in [0.15, 0.2) is 95.9 Å². The maximum Gasteiger partial charge on any atom is 0.278 e. The highest BCUT2D eigenvalue weighted by Crippen LogP contribution is 2.25.